The molecule has 2 aliphatic rings. The van der Waals surface area contributed by atoms with E-state index in [2.05, 4.69) is 51.7 Å². The molecule has 12 nitrogen and oxygen atoms in total. The zero-order chi connectivity index (χ0) is 34.1. The van der Waals surface area contributed by atoms with E-state index >= 15 is 0 Å². The third-order valence-corrected chi connectivity index (χ3v) is 7.80. The van der Waals surface area contributed by atoms with Gasteiger partial charge in [-0.05, 0) is 76.3 Å². The number of hydroxylamine groups is 1. The van der Waals surface area contributed by atoms with Gasteiger partial charge in [0.2, 0.25) is 11.8 Å². The van der Waals surface area contributed by atoms with E-state index in [0.29, 0.717) is 29.6 Å². The Labute approximate surface area is 277 Å². The summed E-state index contributed by atoms with van der Waals surface area (Å²) >= 11 is 4.31. The normalized spacial score (nSPS) is 18.7. The number of nitrogens with one attached hydrogen (secondary N) is 2. The first-order valence-corrected chi connectivity index (χ1v) is 15.8. The Kier molecular flexibility index (Phi) is 12.4. The van der Waals surface area contributed by atoms with Crippen LogP contribution >= 0.6 is 12.8 Å². The van der Waals surface area contributed by atoms with Crippen molar-refractivity contribution in [3.63, 3.8) is 0 Å². The van der Waals surface area contributed by atoms with Crippen LogP contribution in [-0.4, -0.2) is 73.3 Å². The molecule has 1 aliphatic carbocycles. The number of hydrogen-bond donors (Lipinski definition) is 4. The first kappa shape index (κ1) is 36.5. The summed E-state index contributed by atoms with van der Waals surface area (Å²) in [4.78, 5) is 42.1. The lowest BCUT2D eigenvalue weighted by atomic mass is 9.73. The van der Waals surface area contributed by atoms with E-state index in [1.165, 1.54) is 0 Å². The molecule has 1 aromatic heterocycles. The summed E-state index contributed by atoms with van der Waals surface area (Å²) < 4.78 is 10.3. The number of piperidine rings is 1. The number of aliphatic imine (C=N–C) groups is 1. The highest BCUT2D eigenvalue weighted by Crippen LogP contribution is 2.37. The first-order valence-electron chi connectivity index (χ1n) is 15.4. The van der Waals surface area contributed by atoms with Gasteiger partial charge in [0, 0.05) is 31.6 Å². The number of amides is 2. The molecule has 0 aromatic carbocycles. The fraction of sp³-hybridized carbons (Fsp3) is 0.485. The molecular formula is C33H48N7O5S+. The summed E-state index contributed by atoms with van der Waals surface area (Å²) in [5.74, 6) is 0.221. The second kappa shape index (κ2) is 15.6. The van der Waals surface area contributed by atoms with Gasteiger partial charge in [0.15, 0.2) is 11.9 Å². The fourth-order valence-electron chi connectivity index (χ4n) is 4.88. The number of quaternary nitrogens is 1. The largest absolute Gasteiger partial charge is 0.477 e. The minimum absolute atomic E-state index is 0.0837. The molecular weight excluding hydrogens is 606 g/mol. The average molecular weight is 655 g/mol. The highest BCUT2D eigenvalue weighted by Gasteiger charge is 2.47. The monoisotopic (exact) mass is 654 g/mol. The van der Waals surface area contributed by atoms with Crippen LogP contribution in [-0.2, 0) is 9.53 Å². The fourth-order valence-corrected chi connectivity index (χ4v) is 5.22. The van der Waals surface area contributed by atoms with E-state index in [9.17, 15) is 14.8 Å². The van der Waals surface area contributed by atoms with E-state index in [1.54, 1.807) is 41.6 Å². The number of aromatic nitrogens is 2. The van der Waals surface area contributed by atoms with Gasteiger partial charge in [0.1, 0.15) is 18.4 Å². The van der Waals surface area contributed by atoms with Crippen molar-refractivity contribution in [2.75, 3.05) is 19.7 Å². The van der Waals surface area contributed by atoms with Gasteiger partial charge in [-0.3, -0.25) is 9.78 Å². The molecule has 0 spiro atoms. The summed E-state index contributed by atoms with van der Waals surface area (Å²) in [5, 5.41) is 13.6. The smallest absolute Gasteiger partial charge is 0.410 e. The maximum absolute atomic E-state index is 14.2. The Hall–Kier alpha value is -3.94. The number of hydrogen-bond acceptors (Lipinski definition) is 10. The average Bonchev–Trinajstić information content (AvgIpc) is 3.83. The lowest BCUT2D eigenvalue weighted by molar-refractivity contribution is -1.03. The number of allylic oxidation sites excluding steroid dienone is 6. The summed E-state index contributed by atoms with van der Waals surface area (Å²) in [6.45, 7) is 20.0. The minimum Gasteiger partial charge on any atom is -0.477 e. The molecule has 3 N–H and O–H groups in total. The number of carbonyl (C=O) groups excluding carboxylic acids is 2. The predicted molar refractivity (Wildman–Crippen MR) is 181 cm³/mol. The molecule has 1 saturated heterocycles. The van der Waals surface area contributed by atoms with Crippen LogP contribution in [0.5, 0.6) is 5.88 Å². The van der Waals surface area contributed by atoms with Crippen LogP contribution in [0.2, 0.25) is 0 Å². The quantitative estimate of drug-likeness (QED) is 0.0700. The Morgan fingerprint density at radius 1 is 1.20 bits per heavy atom. The molecule has 2 heterocycles. The molecule has 2 amide bonds. The van der Waals surface area contributed by atoms with Gasteiger partial charge >= 0.3 is 6.09 Å². The molecule has 250 valence electrons. The van der Waals surface area contributed by atoms with Crippen LogP contribution in [0.25, 0.3) is 5.57 Å². The highest BCUT2D eigenvalue weighted by molar-refractivity contribution is 7.74. The topological polar surface area (TPSA) is 138 Å². The molecule has 3 rings (SSSR count). The van der Waals surface area contributed by atoms with Crippen molar-refractivity contribution >= 4 is 36.1 Å². The van der Waals surface area contributed by atoms with Crippen LogP contribution in [0.15, 0.2) is 72.4 Å². The SMILES string of the molecule is C=C(/C=C\C(=C/C)c1cncc(OCC)n1)NC(=O)C1(C(/C=C\C)=N/C(=C)N[N+](O)(S)C2CC2)CCN(C(=O)OC(C)(C)C)CC1. The number of ether oxygens (including phenoxy) is 2. The van der Waals surface area contributed by atoms with Crippen molar-refractivity contribution in [2.24, 2.45) is 10.4 Å². The molecule has 2 fully saturated rings. The van der Waals surface area contributed by atoms with Crippen molar-refractivity contribution in [1.29, 1.82) is 0 Å². The van der Waals surface area contributed by atoms with Crippen LogP contribution in [0.1, 0.15) is 72.9 Å². The molecule has 1 saturated carbocycles. The Morgan fingerprint density at radius 2 is 1.87 bits per heavy atom. The second-order valence-corrected chi connectivity index (χ2v) is 12.8. The molecule has 1 atom stereocenters. The van der Waals surface area contributed by atoms with Crippen molar-refractivity contribution in [3.05, 3.63) is 73.1 Å². The molecule has 1 aliphatic heterocycles. The summed E-state index contributed by atoms with van der Waals surface area (Å²) in [7, 11) is 0. The minimum atomic E-state index is -1.16. The van der Waals surface area contributed by atoms with Gasteiger partial charge in [-0.15, -0.1) is 0 Å². The summed E-state index contributed by atoms with van der Waals surface area (Å²) in [5.41, 5.74) is 3.16. The van der Waals surface area contributed by atoms with E-state index in [4.69, 9.17) is 9.47 Å². The number of likely N-dealkylation sites (tertiary alicyclic amines) is 1. The van der Waals surface area contributed by atoms with Crippen LogP contribution in [0.4, 0.5) is 4.79 Å². The second-order valence-electron chi connectivity index (χ2n) is 12.2. The van der Waals surface area contributed by atoms with Crippen molar-refractivity contribution < 1.29 is 28.4 Å². The third kappa shape index (κ3) is 10.0. The van der Waals surface area contributed by atoms with Crippen molar-refractivity contribution in [2.45, 2.75) is 78.9 Å². The first-order chi connectivity index (χ1) is 21.6. The maximum Gasteiger partial charge on any atom is 0.410 e. The third-order valence-electron chi connectivity index (χ3n) is 7.37. The zero-order valence-electron chi connectivity index (χ0n) is 27.7. The van der Waals surface area contributed by atoms with Crippen LogP contribution < -0.4 is 15.5 Å². The van der Waals surface area contributed by atoms with Gasteiger partial charge in [0.05, 0.1) is 35.8 Å². The zero-order valence-corrected chi connectivity index (χ0v) is 28.6. The van der Waals surface area contributed by atoms with Crippen LogP contribution in [0, 0.1) is 5.41 Å². The number of carbonyl (C=O) groups is 2. The van der Waals surface area contributed by atoms with Gasteiger partial charge in [-0.2, -0.15) is 10.6 Å². The summed E-state index contributed by atoms with van der Waals surface area (Å²) in [6, 6.07) is -0.0837. The summed E-state index contributed by atoms with van der Waals surface area (Å²) in [6.07, 6.45) is 13.8. The lowest BCUT2D eigenvalue weighted by Crippen LogP contribution is -2.54. The van der Waals surface area contributed by atoms with Gasteiger partial charge in [-0.1, -0.05) is 31.4 Å². The van der Waals surface area contributed by atoms with Crippen molar-refractivity contribution in [3.8, 4) is 5.88 Å². The number of nitrogens with zero attached hydrogens (tertiary/aromatic N) is 5. The molecule has 1 aromatic rings. The van der Waals surface area contributed by atoms with E-state index in [-0.39, 0.29) is 43.7 Å². The number of thiol groups is 1. The molecule has 0 radical (unpaired) electrons. The standard InChI is InChI=1S/C33H47N7O5S/c1-9-12-28(36-24(5)38-40(43,46)26-15-16-26)33(17-19-39(20-18-33)31(42)45-32(6,7)8)30(41)35-23(4)13-14-25(10-2)27-21-34-22-29(37-27)44-11-3/h9-10,12-14,21-22,26,38,43,46H,4-5,11,15-20H2,1-3,6-8H3/p+1/b12-9-,14-13-,25-10+,36-28+. The highest BCUT2D eigenvalue weighted by atomic mass is 32.1. The molecule has 46 heavy (non-hydrogen) atoms. The van der Waals surface area contributed by atoms with Gasteiger partial charge in [0.25, 0.3) is 0 Å². The Morgan fingerprint density at radius 3 is 2.43 bits per heavy atom. The van der Waals surface area contributed by atoms with Gasteiger partial charge in [-0.25, -0.2) is 14.8 Å². The Balaban J connectivity index is 1.88. The predicted octanol–water partition coefficient (Wildman–Crippen LogP) is 5.69. The molecule has 1 unspecified atom stereocenters. The molecule has 0 bridgehead atoms. The van der Waals surface area contributed by atoms with Crippen LogP contribution in [0.3, 0.4) is 0 Å². The molecule has 13 heteroatoms. The van der Waals surface area contributed by atoms with Crippen molar-refractivity contribution in [1.82, 2.24) is 25.6 Å². The van der Waals surface area contributed by atoms with E-state index in [0.717, 1.165) is 18.4 Å². The Bertz CT molecular complexity index is 1420. The van der Waals surface area contributed by atoms with E-state index in [1.807, 2.05) is 47.6 Å². The van der Waals surface area contributed by atoms with E-state index < -0.39 is 21.3 Å². The number of rotatable bonds is 13. The van der Waals surface area contributed by atoms with Gasteiger partial charge < -0.3 is 19.7 Å². The lowest BCUT2D eigenvalue weighted by Gasteiger charge is -2.41. The maximum atomic E-state index is 14.2.